The zero-order valence-electron chi connectivity index (χ0n) is 11.7. The van der Waals surface area contributed by atoms with E-state index in [1.807, 2.05) is 24.3 Å². The third kappa shape index (κ3) is 2.98. The Kier molecular flexibility index (Phi) is 4.03. The number of hydrogen-bond acceptors (Lipinski definition) is 7. The first-order valence-electron chi connectivity index (χ1n) is 6.74. The highest BCUT2D eigenvalue weighted by Crippen LogP contribution is 2.35. The number of nitrogens with two attached hydrogens (primary N) is 1. The van der Waals surface area contributed by atoms with Crippen LogP contribution in [0.5, 0.6) is 11.5 Å². The molecule has 0 bridgehead atoms. The number of nitrogens with zero attached hydrogens (tertiary/aromatic N) is 2. The average Bonchev–Trinajstić information content (AvgIpc) is 3.02. The van der Waals surface area contributed by atoms with Crippen molar-refractivity contribution >= 4 is 0 Å². The molecule has 0 saturated heterocycles. The van der Waals surface area contributed by atoms with Crippen molar-refractivity contribution in [1.82, 2.24) is 10.1 Å². The molecule has 2 aromatic rings. The zero-order chi connectivity index (χ0) is 14.7. The smallest absolute Gasteiger partial charge is 0.243 e. The lowest BCUT2D eigenvalue weighted by Gasteiger charge is -2.24. The van der Waals surface area contributed by atoms with Crippen molar-refractivity contribution in [2.75, 3.05) is 20.3 Å². The van der Waals surface area contributed by atoms with Crippen molar-refractivity contribution in [1.29, 1.82) is 0 Å². The van der Waals surface area contributed by atoms with Gasteiger partial charge in [0.2, 0.25) is 11.7 Å². The molecule has 7 nitrogen and oxygen atoms in total. The van der Waals surface area contributed by atoms with E-state index in [1.165, 1.54) is 0 Å². The Morgan fingerprint density at radius 1 is 1.38 bits per heavy atom. The fourth-order valence-electron chi connectivity index (χ4n) is 2.04. The largest absolute Gasteiger partial charge is 0.485 e. The average molecular weight is 291 g/mol. The predicted octanol–water partition coefficient (Wildman–Crippen LogP) is 1.62. The zero-order valence-corrected chi connectivity index (χ0v) is 11.7. The van der Waals surface area contributed by atoms with Crippen LogP contribution in [0, 0.1) is 0 Å². The maximum Gasteiger partial charge on any atom is 0.243 e. The molecule has 3 rings (SSSR count). The fourth-order valence-corrected chi connectivity index (χ4v) is 2.04. The summed E-state index contributed by atoms with van der Waals surface area (Å²) in [7, 11) is 1.62. The molecule has 1 aliphatic rings. The second-order valence-electron chi connectivity index (χ2n) is 4.74. The maximum absolute atomic E-state index is 5.95. The van der Waals surface area contributed by atoms with E-state index in [-0.39, 0.29) is 6.04 Å². The summed E-state index contributed by atoms with van der Waals surface area (Å²) < 4.78 is 21.6. The standard InChI is InChI=1S/C14H17N3O4/c1-18-7-6-9(15)14-16-13(17-21-14)12-8-19-10-4-2-3-5-11(10)20-12/h2-5,9,12H,6-8,15H2,1H3. The first-order chi connectivity index (χ1) is 10.3. The summed E-state index contributed by atoms with van der Waals surface area (Å²) in [6, 6.07) is 7.13. The number of benzene rings is 1. The van der Waals surface area contributed by atoms with Crippen LogP contribution in [0.4, 0.5) is 0 Å². The van der Waals surface area contributed by atoms with Crippen molar-refractivity contribution in [3.05, 3.63) is 36.0 Å². The van der Waals surface area contributed by atoms with Gasteiger partial charge in [-0.05, 0) is 18.6 Å². The molecule has 2 N–H and O–H groups in total. The fraction of sp³-hybridized carbons (Fsp3) is 0.429. The van der Waals surface area contributed by atoms with E-state index in [0.29, 0.717) is 42.8 Å². The number of hydrogen-bond donors (Lipinski definition) is 1. The number of fused-ring (bicyclic) bond motifs is 1. The molecule has 0 radical (unpaired) electrons. The van der Waals surface area contributed by atoms with E-state index in [2.05, 4.69) is 10.1 Å². The highest BCUT2D eigenvalue weighted by atomic mass is 16.6. The Hall–Kier alpha value is -2.12. The molecule has 2 atom stereocenters. The lowest BCUT2D eigenvalue weighted by molar-refractivity contribution is 0.0832. The normalized spacial score (nSPS) is 18.5. The Bertz CT molecular complexity index is 601. The molecular weight excluding hydrogens is 274 g/mol. The molecule has 0 amide bonds. The summed E-state index contributed by atoms with van der Waals surface area (Å²) >= 11 is 0. The highest BCUT2D eigenvalue weighted by molar-refractivity contribution is 5.40. The topological polar surface area (TPSA) is 92.6 Å². The monoisotopic (exact) mass is 291 g/mol. The third-order valence-electron chi connectivity index (χ3n) is 3.20. The van der Waals surface area contributed by atoms with Gasteiger partial charge in [-0.1, -0.05) is 17.3 Å². The predicted molar refractivity (Wildman–Crippen MR) is 73.0 cm³/mol. The molecule has 7 heteroatoms. The maximum atomic E-state index is 5.95. The van der Waals surface area contributed by atoms with Crippen LogP contribution in [-0.4, -0.2) is 30.5 Å². The Labute approximate surface area is 122 Å². The molecule has 1 aromatic heterocycles. The minimum Gasteiger partial charge on any atom is -0.485 e. The number of ether oxygens (including phenoxy) is 3. The van der Waals surface area contributed by atoms with E-state index < -0.39 is 6.10 Å². The van der Waals surface area contributed by atoms with Crippen LogP contribution in [0.2, 0.25) is 0 Å². The molecule has 112 valence electrons. The van der Waals surface area contributed by atoms with E-state index in [9.17, 15) is 0 Å². The van der Waals surface area contributed by atoms with Gasteiger partial charge in [0.1, 0.15) is 6.61 Å². The molecule has 2 heterocycles. The molecule has 0 spiro atoms. The summed E-state index contributed by atoms with van der Waals surface area (Å²) in [6.45, 7) is 0.874. The van der Waals surface area contributed by atoms with Crippen LogP contribution in [0.3, 0.4) is 0 Å². The van der Waals surface area contributed by atoms with Crippen molar-refractivity contribution in [3.8, 4) is 11.5 Å². The third-order valence-corrected chi connectivity index (χ3v) is 3.20. The minimum atomic E-state index is -0.396. The van der Waals surface area contributed by atoms with Crippen molar-refractivity contribution < 1.29 is 18.7 Å². The van der Waals surface area contributed by atoms with Gasteiger partial charge in [0, 0.05) is 13.7 Å². The van der Waals surface area contributed by atoms with Gasteiger partial charge in [0.15, 0.2) is 17.6 Å². The second kappa shape index (κ2) is 6.11. The molecular formula is C14H17N3O4. The van der Waals surface area contributed by atoms with E-state index in [4.69, 9.17) is 24.5 Å². The van der Waals surface area contributed by atoms with Crippen LogP contribution in [-0.2, 0) is 4.74 Å². The van der Waals surface area contributed by atoms with Crippen LogP contribution in [0.15, 0.2) is 28.8 Å². The van der Waals surface area contributed by atoms with Gasteiger partial charge in [-0.3, -0.25) is 0 Å². The van der Waals surface area contributed by atoms with Gasteiger partial charge < -0.3 is 24.5 Å². The first-order valence-corrected chi connectivity index (χ1v) is 6.74. The van der Waals surface area contributed by atoms with Crippen LogP contribution in [0.25, 0.3) is 0 Å². The summed E-state index contributed by atoms with van der Waals surface area (Å²) in [5.41, 5.74) is 5.95. The van der Waals surface area contributed by atoms with Gasteiger partial charge >= 0.3 is 0 Å². The minimum absolute atomic E-state index is 0.337. The van der Waals surface area contributed by atoms with Gasteiger partial charge in [0.05, 0.1) is 6.04 Å². The highest BCUT2D eigenvalue weighted by Gasteiger charge is 2.27. The van der Waals surface area contributed by atoms with Gasteiger partial charge in [0.25, 0.3) is 0 Å². The molecule has 1 aliphatic heterocycles. The van der Waals surface area contributed by atoms with E-state index in [0.717, 1.165) is 0 Å². The molecule has 21 heavy (non-hydrogen) atoms. The molecule has 2 unspecified atom stereocenters. The van der Waals surface area contributed by atoms with Crippen molar-refractivity contribution in [2.24, 2.45) is 5.73 Å². The Morgan fingerprint density at radius 3 is 3.00 bits per heavy atom. The summed E-state index contributed by atoms with van der Waals surface area (Å²) in [6.07, 6.45) is 0.218. The van der Waals surface area contributed by atoms with Crippen molar-refractivity contribution in [3.63, 3.8) is 0 Å². The molecule has 1 aromatic carbocycles. The summed E-state index contributed by atoms with van der Waals surface area (Å²) in [5.74, 6) is 2.20. The quantitative estimate of drug-likeness (QED) is 0.894. The summed E-state index contributed by atoms with van der Waals surface area (Å²) in [5, 5.41) is 3.93. The molecule has 0 fully saturated rings. The summed E-state index contributed by atoms with van der Waals surface area (Å²) in [4.78, 5) is 4.30. The molecule has 0 saturated carbocycles. The first kappa shape index (κ1) is 13.8. The number of aromatic nitrogens is 2. The molecule has 0 aliphatic carbocycles. The second-order valence-corrected chi connectivity index (χ2v) is 4.74. The SMILES string of the molecule is COCCC(N)c1nc(C2COc3ccccc3O2)no1. The van der Waals surface area contributed by atoms with E-state index >= 15 is 0 Å². The number of para-hydroxylation sites is 2. The Morgan fingerprint density at radius 2 is 2.19 bits per heavy atom. The van der Waals surface area contributed by atoms with Crippen molar-refractivity contribution in [2.45, 2.75) is 18.6 Å². The van der Waals surface area contributed by atoms with E-state index in [1.54, 1.807) is 7.11 Å². The number of rotatable bonds is 5. The van der Waals surface area contributed by atoms with Gasteiger partial charge in [-0.25, -0.2) is 0 Å². The van der Waals surface area contributed by atoms with Gasteiger partial charge in [-0.15, -0.1) is 0 Å². The van der Waals surface area contributed by atoms with Crippen LogP contribution in [0.1, 0.15) is 30.3 Å². The van der Waals surface area contributed by atoms with Crippen LogP contribution < -0.4 is 15.2 Å². The Balaban J connectivity index is 1.70. The number of methoxy groups -OCH3 is 1. The lowest BCUT2D eigenvalue weighted by atomic mass is 10.2. The lowest BCUT2D eigenvalue weighted by Crippen LogP contribution is -2.22. The van der Waals surface area contributed by atoms with Gasteiger partial charge in [-0.2, -0.15) is 4.98 Å². The van der Waals surface area contributed by atoms with Crippen LogP contribution >= 0.6 is 0 Å².